The predicted molar refractivity (Wildman–Crippen MR) is 77.7 cm³/mol. The lowest BCUT2D eigenvalue weighted by Crippen LogP contribution is -2.51. The average molecular weight is 283 g/mol. The van der Waals surface area contributed by atoms with E-state index in [2.05, 4.69) is 5.32 Å². The zero-order valence-corrected chi connectivity index (χ0v) is 12.5. The molecule has 1 saturated carbocycles. The molecule has 1 atom stereocenters. The SMILES string of the molecule is OCC1(CNC2CCOC3(CCOCC3)C2)CCCC1. The van der Waals surface area contributed by atoms with Crippen LogP contribution in [0.1, 0.15) is 51.4 Å². The molecule has 0 aromatic carbocycles. The zero-order chi connectivity index (χ0) is 13.9. The Balaban J connectivity index is 1.52. The molecule has 2 aliphatic heterocycles. The van der Waals surface area contributed by atoms with E-state index in [1.165, 1.54) is 25.7 Å². The summed E-state index contributed by atoms with van der Waals surface area (Å²) in [6, 6.07) is 0.547. The molecule has 3 rings (SSSR count). The van der Waals surface area contributed by atoms with E-state index in [0.29, 0.717) is 12.6 Å². The quantitative estimate of drug-likeness (QED) is 0.827. The van der Waals surface area contributed by atoms with E-state index in [1.807, 2.05) is 0 Å². The van der Waals surface area contributed by atoms with E-state index in [9.17, 15) is 5.11 Å². The van der Waals surface area contributed by atoms with Gasteiger partial charge in [-0.3, -0.25) is 0 Å². The minimum absolute atomic E-state index is 0.0657. The van der Waals surface area contributed by atoms with Crippen molar-refractivity contribution < 1.29 is 14.6 Å². The zero-order valence-electron chi connectivity index (χ0n) is 12.5. The van der Waals surface area contributed by atoms with Gasteiger partial charge in [0.25, 0.3) is 0 Å². The molecule has 0 bridgehead atoms. The highest BCUT2D eigenvalue weighted by Crippen LogP contribution is 2.38. The molecule has 0 aromatic rings. The highest BCUT2D eigenvalue weighted by Gasteiger charge is 2.40. The third-order valence-electron chi connectivity index (χ3n) is 5.66. The number of hydrogen-bond acceptors (Lipinski definition) is 4. The van der Waals surface area contributed by atoms with Crippen LogP contribution in [-0.2, 0) is 9.47 Å². The van der Waals surface area contributed by atoms with Crippen LogP contribution in [0, 0.1) is 5.41 Å². The number of aliphatic hydroxyl groups is 1. The maximum Gasteiger partial charge on any atom is 0.0741 e. The molecule has 3 aliphatic rings. The Labute approximate surface area is 122 Å². The molecule has 3 fully saturated rings. The van der Waals surface area contributed by atoms with E-state index >= 15 is 0 Å². The monoisotopic (exact) mass is 283 g/mol. The number of rotatable bonds is 4. The van der Waals surface area contributed by atoms with E-state index in [4.69, 9.17) is 9.47 Å². The first kappa shape index (κ1) is 14.8. The summed E-state index contributed by atoms with van der Waals surface area (Å²) in [4.78, 5) is 0. The molecule has 0 amide bonds. The van der Waals surface area contributed by atoms with Crippen molar-refractivity contribution in [3.63, 3.8) is 0 Å². The fourth-order valence-corrected chi connectivity index (χ4v) is 4.17. The summed E-state index contributed by atoms with van der Waals surface area (Å²) in [7, 11) is 0. The first-order chi connectivity index (χ1) is 9.76. The number of hydrogen-bond donors (Lipinski definition) is 2. The van der Waals surface area contributed by atoms with Crippen molar-refractivity contribution in [2.45, 2.75) is 63.0 Å². The Morgan fingerprint density at radius 1 is 1.05 bits per heavy atom. The summed E-state index contributed by atoms with van der Waals surface area (Å²) in [6.07, 6.45) is 9.20. The summed E-state index contributed by atoms with van der Waals surface area (Å²) in [5.41, 5.74) is 0.220. The maximum absolute atomic E-state index is 9.71. The second kappa shape index (κ2) is 6.30. The van der Waals surface area contributed by atoms with Gasteiger partial charge in [-0.1, -0.05) is 12.8 Å². The molecule has 2 saturated heterocycles. The summed E-state index contributed by atoms with van der Waals surface area (Å²) in [5, 5.41) is 13.5. The van der Waals surface area contributed by atoms with Gasteiger partial charge in [0, 0.05) is 44.4 Å². The Bertz CT molecular complexity index is 303. The highest BCUT2D eigenvalue weighted by molar-refractivity contribution is 4.93. The van der Waals surface area contributed by atoms with Crippen LogP contribution in [0.25, 0.3) is 0 Å². The largest absolute Gasteiger partial charge is 0.396 e. The fourth-order valence-electron chi connectivity index (χ4n) is 4.17. The lowest BCUT2D eigenvalue weighted by Gasteiger charge is -2.44. The average Bonchev–Trinajstić information content (AvgIpc) is 2.96. The van der Waals surface area contributed by atoms with Gasteiger partial charge in [0.1, 0.15) is 0 Å². The second-order valence-electron chi connectivity index (χ2n) is 7.08. The summed E-state index contributed by atoms with van der Waals surface area (Å²) in [6.45, 7) is 3.85. The standard InChI is InChI=1S/C16H29NO3/c18-13-15(4-1-2-5-15)12-17-14-3-8-20-16(11-14)6-9-19-10-7-16/h14,17-18H,1-13H2. The van der Waals surface area contributed by atoms with Gasteiger partial charge >= 0.3 is 0 Å². The van der Waals surface area contributed by atoms with Gasteiger partial charge in [-0.05, 0) is 38.5 Å². The maximum atomic E-state index is 9.71. The molecule has 0 aromatic heterocycles. The van der Waals surface area contributed by atoms with Crippen molar-refractivity contribution in [1.29, 1.82) is 0 Å². The molecule has 20 heavy (non-hydrogen) atoms. The molecule has 0 radical (unpaired) electrons. The minimum Gasteiger partial charge on any atom is -0.396 e. The van der Waals surface area contributed by atoms with Crippen LogP contribution >= 0.6 is 0 Å². The van der Waals surface area contributed by atoms with Crippen molar-refractivity contribution in [1.82, 2.24) is 5.32 Å². The highest BCUT2D eigenvalue weighted by atomic mass is 16.5. The predicted octanol–water partition coefficient (Wildman–Crippen LogP) is 1.86. The van der Waals surface area contributed by atoms with Gasteiger partial charge in [-0.15, -0.1) is 0 Å². The second-order valence-corrected chi connectivity index (χ2v) is 7.08. The van der Waals surface area contributed by atoms with Crippen molar-refractivity contribution in [2.24, 2.45) is 5.41 Å². The van der Waals surface area contributed by atoms with Crippen molar-refractivity contribution in [3.8, 4) is 0 Å². The third kappa shape index (κ3) is 3.19. The number of ether oxygens (including phenoxy) is 2. The van der Waals surface area contributed by atoms with Crippen molar-refractivity contribution >= 4 is 0 Å². The molecule has 2 N–H and O–H groups in total. The minimum atomic E-state index is 0.0657. The van der Waals surface area contributed by atoms with Gasteiger partial charge in [0.15, 0.2) is 0 Å². The number of nitrogens with one attached hydrogen (secondary N) is 1. The Hall–Kier alpha value is -0.160. The van der Waals surface area contributed by atoms with Gasteiger partial charge < -0.3 is 19.9 Å². The normalized spacial score (nSPS) is 32.5. The Morgan fingerprint density at radius 2 is 1.80 bits per heavy atom. The van der Waals surface area contributed by atoms with Crippen LogP contribution in [0.5, 0.6) is 0 Å². The Kier molecular flexibility index (Phi) is 4.65. The molecule has 1 aliphatic carbocycles. The van der Waals surface area contributed by atoms with Crippen LogP contribution in [0.4, 0.5) is 0 Å². The van der Waals surface area contributed by atoms with Gasteiger partial charge in [0.05, 0.1) is 5.60 Å². The van der Waals surface area contributed by atoms with Crippen LogP contribution in [0.2, 0.25) is 0 Å². The van der Waals surface area contributed by atoms with Crippen LogP contribution in [0.3, 0.4) is 0 Å². The smallest absolute Gasteiger partial charge is 0.0741 e. The molecule has 1 spiro atoms. The molecule has 4 nitrogen and oxygen atoms in total. The molecule has 2 heterocycles. The summed E-state index contributed by atoms with van der Waals surface area (Å²) >= 11 is 0. The van der Waals surface area contributed by atoms with Crippen LogP contribution in [0.15, 0.2) is 0 Å². The Morgan fingerprint density at radius 3 is 2.50 bits per heavy atom. The van der Waals surface area contributed by atoms with Crippen molar-refractivity contribution in [3.05, 3.63) is 0 Å². The first-order valence-corrected chi connectivity index (χ1v) is 8.32. The van der Waals surface area contributed by atoms with Gasteiger partial charge in [0.2, 0.25) is 0 Å². The molecular weight excluding hydrogens is 254 g/mol. The van der Waals surface area contributed by atoms with Crippen LogP contribution < -0.4 is 5.32 Å². The molecule has 1 unspecified atom stereocenters. The van der Waals surface area contributed by atoms with Gasteiger partial charge in [-0.25, -0.2) is 0 Å². The third-order valence-corrected chi connectivity index (χ3v) is 5.66. The lowest BCUT2D eigenvalue weighted by molar-refractivity contribution is -0.140. The van der Waals surface area contributed by atoms with Gasteiger partial charge in [-0.2, -0.15) is 0 Å². The first-order valence-electron chi connectivity index (χ1n) is 8.32. The topological polar surface area (TPSA) is 50.7 Å². The summed E-state index contributed by atoms with van der Waals surface area (Å²) < 4.78 is 11.6. The molecular formula is C16H29NO3. The number of aliphatic hydroxyl groups excluding tert-OH is 1. The molecule has 4 heteroatoms. The van der Waals surface area contributed by atoms with E-state index in [-0.39, 0.29) is 11.0 Å². The van der Waals surface area contributed by atoms with Crippen molar-refractivity contribution in [2.75, 3.05) is 33.0 Å². The van der Waals surface area contributed by atoms with E-state index in [1.54, 1.807) is 0 Å². The van der Waals surface area contributed by atoms with Crippen LogP contribution in [-0.4, -0.2) is 49.7 Å². The fraction of sp³-hybridized carbons (Fsp3) is 1.00. The van der Waals surface area contributed by atoms with E-state index in [0.717, 1.165) is 52.0 Å². The summed E-state index contributed by atoms with van der Waals surface area (Å²) in [5.74, 6) is 0. The molecule has 116 valence electrons. The lowest BCUT2D eigenvalue weighted by atomic mass is 9.82. The van der Waals surface area contributed by atoms with E-state index < -0.39 is 0 Å².